The molecule has 0 radical (unpaired) electrons. The number of carbonyl (C=O) groups excluding carboxylic acids is 2. The van der Waals surface area contributed by atoms with E-state index in [2.05, 4.69) is 10.6 Å². The van der Waals surface area contributed by atoms with Gasteiger partial charge in [-0.2, -0.15) is 0 Å². The van der Waals surface area contributed by atoms with Crippen LogP contribution in [0.1, 0.15) is 6.92 Å². The molecule has 5 nitrogen and oxygen atoms in total. The minimum Gasteiger partial charge on any atom is -0.497 e. The van der Waals surface area contributed by atoms with E-state index >= 15 is 0 Å². The number of anilines is 2. The van der Waals surface area contributed by atoms with Gasteiger partial charge in [-0.3, -0.25) is 9.59 Å². The van der Waals surface area contributed by atoms with Gasteiger partial charge >= 0.3 is 0 Å². The quantitative estimate of drug-likeness (QED) is 0.762. The Morgan fingerprint density at radius 3 is 2.20 bits per heavy atom. The van der Waals surface area contributed by atoms with Gasteiger partial charge in [0.05, 0.1) is 18.1 Å². The second kappa shape index (κ2) is 9.34. The fourth-order valence-corrected chi connectivity index (χ4v) is 2.73. The minimum absolute atomic E-state index is 0.162. The fourth-order valence-electron chi connectivity index (χ4n) is 1.92. The lowest BCUT2D eigenvalue weighted by molar-refractivity contribution is -0.115. The smallest absolute Gasteiger partial charge is 0.237 e. The largest absolute Gasteiger partial charge is 0.497 e. The Kier molecular flexibility index (Phi) is 7.16. The zero-order chi connectivity index (χ0) is 18.2. The molecule has 0 saturated carbocycles. The summed E-state index contributed by atoms with van der Waals surface area (Å²) >= 11 is 7.08. The van der Waals surface area contributed by atoms with E-state index in [9.17, 15) is 9.59 Å². The monoisotopic (exact) mass is 378 g/mol. The van der Waals surface area contributed by atoms with Gasteiger partial charge in [-0.1, -0.05) is 11.6 Å². The Balaban J connectivity index is 1.77. The molecule has 0 heterocycles. The number of hydrogen-bond donors (Lipinski definition) is 2. The maximum Gasteiger partial charge on any atom is 0.237 e. The molecule has 2 amide bonds. The van der Waals surface area contributed by atoms with Gasteiger partial charge in [0.15, 0.2) is 0 Å². The second-order valence-corrected chi connectivity index (χ2v) is 6.99. The molecular weight excluding hydrogens is 360 g/mol. The third kappa shape index (κ3) is 6.32. The summed E-state index contributed by atoms with van der Waals surface area (Å²) in [5, 5.41) is 5.82. The number of benzene rings is 2. The van der Waals surface area contributed by atoms with Crippen molar-refractivity contribution < 1.29 is 14.3 Å². The molecule has 0 unspecified atom stereocenters. The first-order valence-electron chi connectivity index (χ1n) is 7.60. The molecule has 0 fully saturated rings. The highest BCUT2D eigenvalue weighted by atomic mass is 35.5. The standard InChI is InChI=1S/C18H19ClN2O3S/c1-12(18(23)21-15-5-3-13(19)4-6-15)25-11-17(22)20-14-7-9-16(24-2)10-8-14/h3-10,12H,11H2,1-2H3,(H,20,22)(H,21,23)/t12-/m0/s1. The van der Waals surface area contributed by atoms with Crippen LogP contribution in [0.5, 0.6) is 5.75 Å². The van der Waals surface area contributed by atoms with Gasteiger partial charge < -0.3 is 15.4 Å². The van der Waals surface area contributed by atoms with Crippen LogP contribution >= 0.6 is 23.4 Å². The first-order valence-corrected chi connectivity index (χ1v) is 9.02. The number of rotatable bonds is 7. The van der Waals surface area contributed by atoms with Crippen LogP contribution < -0.4 is 15.4 Å². The van der Waals surface area contributed by atoms with Crippen LogP contribution in [0.2, 0.25) is 5.02 Å². The molecule has 0 spiro atoms. The average Bonchev–Trinajstić information content (AvgIpc) is 2.62. The van der Waals surface area contributed by atoms with Crippen molar-refractivity contribution in [3.63, 3.8) is 0 Å². The van der Waals surface area contributed by atoms with Crippen LogP contribution in [0.15, 0.2) is 48.5 Å². The van der Waals surface area contributed by atoms with Gasteiger partial charge in [0, 0.05) is 16.4 Å². The first-order chi connectivity index (χ1) is 12.0. The lowest BCUT2D eigenvalue weighted by Gasteiger charge is -2.12. The van der Waals surface area contributed by atoms with Gasteiger partial charge in [0.2, 0.25) is 11.8 Å². The third-order valence-corrected chi connectivity index (χ3v) is 4.71. The summed E-state index contributed by atoms with van der Waals surface area (Å²) in [4.78, 5) is 24.1. The first kappa shape index (κ1) is 19.1. The molecule has 2 aromatic carbocycles. The maximum absolute atomic E-state index is 12.1. The third-order valence-electron chi connectivity index (χ3n) is 3.32. The van der Waals surface area contributed by atoms with Crippen molar-refractivity contribution in [1.82, 2.24) is 0 Å². The lowest BCUT2D eigenvalue weighted by Crippen LogP contribution is -2.25. The van der Waals surface area contributed by atoms with Crippen molar-refractivity contribution >= 4 is 46.6 Å². The fraction of sp³-hybridized carbons (Fsp3) is 0.222. The molecule has 2 rings (SSSR count). The molecule has 2 N–H and O–H groups in total. The second-order valence-electron chi connectivity index (χ2n) is 5.23. The van der Waals surface area contributed by atoms with E-state index in [0.29, 0.717) is 16.4 Å². The highest BCUT2D eigenvalue weighted by Gasteiger charge is 2.15. The van der Waals surface area contributed by atoms with Gasteiger partial charge in [0.25, 0.3) is 0 Å². The maximum atomic E-state index is 12.1. The summed E-state index contributed by atoms with van der Waals surface area (Å²) in [6.07, 6.45) is 0. The van der Waals surface area contributed by atoms with E-state index < -0.39 is 0 Å². The number of methoxy groups -OCH3 is 1. The molecule has 2 aromatic rings. The lowest BCUT2D eigenvalue weighted by atomic mass is 10.3. The van der Waals surface area contributed by atoms with E-state index in [-0.39, 0.29) is 22.8 Å². The highest BCUT2D eigenvalue weighted by molar-refractivity contribution is 8.01. The Labute approximate surface area is 156 Å². The normalized spacial score (nSPS) is 11.5. The Morgan fingerprint density at radius 2 is 1.60 bits per heavy atom. The molecule has 7 heteroatoms. The summed E-state index contributed by atoms with van der Waals surface area (Å²) in [5.74, 6) is 0.576. The van der Waals surface area contributed by atoms with Crippen LogP contribution in [-0.2, 0) is 9.59 Å². The number of ether oxygens (including phenoxy) is 1. The molecule has 0 aliphatic rings. The van der Waals surface area contributed by atoms with Crippen LogP contribution in [0.3, 0.4) is 0 Å². The van der Waals surface area contributed by atoms with Gasteiger partial charge in [-0.25, -0.2) is 0 Å². The molecule has 0 bridgehead atoms. The Morgan fingerprint density at radius 1 is 1.04 bits per heavy atom. The molecule has 0 aromatic heterocycles. The van der Waals surface area contributed by atoms with Crippen LogP contribution in [0.25, 0.3) is 0 Å². The molecular formula is C18H19ClN2O3S. The highest BCUT2D eigenvalue weighted by Crippen LogP contribution is 2.18. The predicted molar refractivity (Wildman–Crippen MR) is 104 cm³/mol. The van der Waals surface area contributed by atoms with Crippen molar-refractivity contribution in [3.8, 4) is 5.75 Å². The van der Waals surface area contributed by atoms with E-state index in [1.165, 1.54) is 11.8 Å². The number of halogens is 1. The molecule has 1 atom stereocenters. The van der Waals surface area contributed by atoms with E-state index in [1.807, 2.05) is 0 Å². The number of carbonyl (C=O) groups is 2. The van der Waals surface area contributed by atoms with Gasteiger partial charge in [-0.15, -0.1) is 11.8 Å². The number of thioether (sulfide) groups is 1. The molecule has 0 aliphatic heterocycles. The molecule has 25 heavy (non-hydrogen) atoms. The van der Waals surface area contributed by atoms with Crippen molar-refractivity contribution in [1.29, 1.82) is 0 Å². The average molecular weight is 379 g/mol. The molecule has 132 valence electrons. The molecule has 0 aliphatic carbocycles. The number of hydrogen-bond acceptors (Lipinski definition) is 4. The summed E-state index contributed by atoms with van der Waals surface area (Å²) < 4.78 is 5.07. The van der Waals surface area contributed by atoms with Crippen molar-refractivity contribution in [2.75, 3.05) is 23.5 Å². The van der Waals surface area contributed by atoms with Crippen LogP contribution in [-0.4, -0.2) is 29.9 Å². The zero-order valence-corrected chi connectivity index (χ0v) is 15.5. The van der Waals surface area contributed by atoms with E-state index in [0.717, 1.165) is 5.75 Å². The molecule has 0 saturated heterocycles. The Bertz CT molecular complexity index is 720. The predicted octanol–water partition coefficient (Wildman–Crippen LogP) is 4.05. The SMILES string of the molecule is COc1ccc(NC(=O)CS[C@@H](C)C(=O)Nc2ccc(Cl)cc2)cc1. The zero-order valence-electron chi connectivity index (χ0n) is 13.9. The summed E-state index contributed by atoms with van der Waals surface area (Å²) in [6, 6.07) is 13.9. The van der Waals surface area contributed by atoms with Crippen LogP contribution in [0, 0.1) is 0 Å². The summed E-state index contributed by atoms with van der Waals surface area (Å²) in [7, 11) is 1.58. The van der Waals surface area contributed by atoms with Crippen molar-refractivity contribution in [2.45, 2.75) is 12.2 Å². The van der Waals surface area contributed by atoms with E-state index in [4.69, 9.17) is 16.3 Å². The van der Waals surface area contributed by atoms with Gasteiger partial charge in [-0.05, 0) is 55.5 Å². The van der Waals surface area contributed by atoms with E-state index in [1.54, 1.807) is 62.6 Å². The Hall–Kier alpha value is -2.18. The summed E-state index contributed by atoms with van der Waals surface area (Å²) in [5.41, 5.74) is 1.36. The topological polar surface area (TPSA) is 67.4 Å². The van der Waals surface area contributed by atoms with Crippen molar-refractivity contribution in [2.24, 2.45) is 0 Å². The van der Waals surface area contributed by atoms with Crippen molar-refractivity contribution in [3.05, 3.63) is 53.6 Å². The number of nitrogens with one attached hydrogen (secondary N) is 2. The van der Waals surface area contributed by atoms with Crippen LogP contribution in [0.4, 0.5) is 11.4 Å². The number of amides is 2. The van der Waals surface area contributed by atoms with Gasteiger partial charge in [0.1, 0.15) is 5.75 Å². The minimum atomic E-state index is -0.364. The summed E-state index contributed by atoms with van der Waals surface area (Å²) in [6.45, 7) is 1.76.